The molecule has 0 unspecified atom stereocenters. The highest BCUT2D eigenvalue weighted by molar-refractivity contribution is 5.96. The molecule has 0 heterocycles. The fourth-order valence-electron chi connectivity index (χ4n) is 1.75. The molecule has 0 radical (unpaired) electrons. The molecule has 2 aromatic carbocycles. The first-order valence-electron chi connectivity index (χ1n) is 6.41. The predicted octanol–water partition coefficient (Wildman–Crippen LogP) is 2.25. The number of carbonyl (C=O) groups is 1. The summed E-state index contributed by atoms with van der Waals surface area (Å²) in [5, 5.41) is 14.6. The number of nitro groups is 1. The topological polar surface area (TPSA) is 111 Å². The largest absolute Gasteiger partial charge is 0.399 e. The zero-order valence-electron chi connectivity index (χ0n) is 11.8. The summed E-state index contributed by atoms with van der Waals surface area (Å²) >= 11 is 0. The first-order valence-corrected chi connectivity index (χ1v) is 6.41. The Morgan fingerprint density at radius 1 is 1.27 bits per heavy atom. The molecule has 0 fully saturated rings. The molecule has 0 bridgehead atoms. The minimum atomic E-state index is -0.608. The first-order chi connectivity index (χ1) is 10.5. The third kappa shape index (κ3) is 3.89. The van der Waals surface area contributed by atoms with Gasteiger partial charge in [-0.25, -0.2) is 5.43 Å². The Morgan fingerprint density at radius 2 is 1.95 bits per heavy atom. The van der Waals surface area contributed by atoms with Crippen molar-refractivity contribution in [2.24, 2.45) is 5.10 Å². The number of amides is 1. The summed E-state index contributed by atoms with van der Waals surface area (Å²) in [7, 11) is 0. The second-order valence-corrected chi connectivity index (χ2v) is 4.68. The highest BCUT2D eigenvalue weighted by Gasteiger charge is 2.13. The van der Waals surface area contributed by atoms with E-state index in [1.165, 1.54) is 18.3 Å². The fourth-order valence-corrected chi connectivity index (χ4v) is 1.75. The fraction of sp³-hybridized carbons (Fsp3) is 0.0667. The van der Waals surface area contributed by atoms with E-state index >= 15 is 0 Å². The molecule has 7 nitrogen and oxygen atoms in total. The van der Waals surface area contributed by atoms with Crippen molar-refractivity contribution in [1.82, 2.24) is 5.43 Å². The zero-order valence-corrected chi connectivity index (χ0v) is 11.8. The smallest absolute Gasteiger partial charge is 0.272 e. The summed E-state index contributed by atoms with van der Waals surface area (Å²) in [6.07, 6.45) is 1.48. The number of non-ortho nitro benzene ring substituents is 1. The second-order valence-electron chi connectivity index (χ2n) is 4.68. The Balaban J connectivity index is 2.09. The molecular formula is C15H14N4O3. The molecule has 22 heavy (non-hydrogen) atoms. The van der Waals surface area contributed by atoms with Crippen molar-refractivity contribution in [3.8, 4) is 0 Å². The summed E-state index contributed by atoms with van der Waals surface area (Å²) in [5.41, 5.74) is 9.77. The van der Waals surface area contributed by atoms with Crippen LogP contribution < -0.4 is 11.2 Å². The Morgan fingerprint density at radius 3 is 2.59 bits per heavy atom. The minimum absolute atomic E-state index is 0.0766. The average molecular weight is 298 g/mol. The molecule has 2 rings (SSSR count). The Bertz CT molecular complexity index is 739. The quantitative estimate of drug-likeness (QED) is 0.390. The Labute approximate surface area is 126 Å². The number of hydrazone groups is 1. The van der Waals surface area contributed by atoms with Crippen LogP contribution in [0.1, 0.15) is 21.5 Å². The lowest BCUT2D eigenvalue weighted by Gasteiger charge is -2.02. The molecule has 0 saturated carbocycles. The van der Waals surface area contributed by atoms with Gasteiger partial charge in [0.1, 0.15) is 0 Å². The Hall–Kier alpha value is -3.22. The van der Waals surface area contributed by atoms with Gasteiger partial charge < -0.3 is 5.73 Å². The number of carbonyl (C=O) groups excluding carboxylic acids is 1. The Kier molecular flexibility index (Phi) is 4.47. The molecule has 0 aliphatic heterocycles. The van der Waals surface area contributed by atoms with E-state index in [9.17, 15) is 14.9 Å². The number of anilines is 1. The lowest BCUT2D eigenvalue weighted by molar-refractivity contribution is -0.384. The van der Waals surface area contributed by atoms with E-state index in [4.69, 9.17) is 5.73 Å². The van der Waals surface area contributed by atoms with E-state index in [0.29, 0.717) is 0 Å². The maximum atomic E-state index is 11.9. The molecule has 0 aromatic heterocycles. The normalized spacial score (nSPS) is 10.6. The van der Waals surface area contributed by atoms with Crippen molar-refractivity contribution < 1.29 is 9.72 Å². The van der Waals surface area contributed by atoms with Crippen LogP contribution in [0.25, 0.3) is 0 Å². The maximum Gasteiger partial charge on any atom is 0.272 e. The van der Waals surface area contributed by atoms with Crippen LogP contribution in [0.3, 0.4) is 0 Å². The van der Waals surface area contributed by atoms with Gasteiger partial charge in [-0.05, 0) is 18.6 Å². The summed E-state index contributed by atoms with van der Waals surface area (Å²) in [6.45, 7) is 1.97. The van der Waals surface area contributed by atoms with Crippen molar-refractivity contribution in [1.29, 1.82) is 0 Å². The molecule has 3 N–H and O–H groups in total. The predicted molar refractivity (Wildman–Crippen MR) is 83.7 cm³/mol. The summed E-state index contributed by atoms with van der Waals surface area (Å²) in [6, 6.07) is 11.2. The van der Waals surface area contributed by atoms with Gasteiger partial charge in [0, 0.05) is 17.8 Å². The summed E-state index contributed by atoms with van der Waals surface area (Å²) < 4.78 is 0. The molecule has 0 atom stereocenters. The van der Waals surface area contributed by atoms with E-state index in [1.54, 1.807) is 0 Å². The van der Waals surface area contributed by atoms with E-state index < -0.39 is 10.8 Å². The zero-order chi connectivity index (χ0) is 16.1. The number of nitrogens with zero attached hydrogens (tertiary/aromatic N) is 2. The standard InChI is InChI=1S/C15H14N4O3/c1-10-2-4-11(5-3-10)9-17-18-15(20)12-6-13(16)8-14(7-12)19(21)22/h2-9H,16H2,1H3,(H,18,20)/b17-9-. The van der Waals surface area contributed by atoms with Crippen LogP contribution >= 0.6 is 0 Å². The number of aryl methyl sites for hydroxylation is 1. The lowest BCUT2D eigenvalue weighted by atomic mass is 10.1. The number of hydrogen-bond acceptors (Lipinski definition) is 5. The number of nitrogens with one attached hydrogen (secondary N) is 1. The van der Waals surface area contributed by atoms with Crippen LogP contribution in [-0.4, -0.2) is 17.0 Å². The summed E-state index contributed by atoms with van der Waals surface area (Å²) in [5.74, 6) is -0.571. The SMILES string of the molecule is Cc1ccc(/C=N\NC(=O)c2cc(N)cc([N+](=O)[O-])c2)cc1. The molecule has 0 spiro atoms. The van der Waals surface area contributed by atoms with Crippen molar-refractivity contribution in [2.75, 3.05) is 5.73 Å². The van der Waals surface area contributed by atoms with Crippen LogP contribution in [0.4, 0.5) is 11.4 Å². The number of benzene rings is 2. The number of hydrogen-bond donors (Lipinski definition) is 2. The molecule has 0 aliphatic rings. The molecular weight excluding hydrogens is 284 g/mol. The molecule has 0 saturated heterocycles. The third-order valence-electron chi connectivity index (χ3n) is 2.87. The second kappa shape index (κ2) is 6.49. The summed E-state index contributed by atoms with van der Waals surface area (Å²) in [4.78, 5) is 22.0. The van der Waals surface area contributed by atoms with Crippen LogP contribution in [0, 0.1) is 17.0 Å². The van der Waals surface area contributed by atoms with Gasteiger partial charge in [0.05, 0.1) is 16.7 Å². The van der Waals surface area contributed by atoms with E-state index in [-0.39, 0.29) is 16.9 Å². The van der Waals surface area contributed by atoms with Gasteiger partial charge in [-0.2, -0.15) is 5.10 Å². The highest BCUT2D eigenvalue weighted by Crippen LogP contribution is 2.18. The lowest BCUT2D eigenvalue weighted by Crippen LogP contribution is -2.18. The third-order valence-corrected chi connectivity index (χ3v) is 2.87. The van der Waals surface area contributed by atoms with Gasteiger partial charge in [-0.3, -0.25) is 14.9 Å². The number of rotatable bonds is 4. The maximum absolute atomic E-state index is 11.9. The van der Waals surface area contributed by atoms with Crippen LogP contribution in [0.2, 0.25) is 0 Å². The average Bonchev–Trinajstić information content (AvgIpc) is 2.48. The van der Waals surface area contributed by atoms with Crippen LogP contribution in [0.15, 0.2) is 47.6 Å². The monoisotopic (exact) mass is 298 g/mol. The van der Waals surface area contributed by atoms with Gasteiger partial charge in [-0.1, -0.05) is 29.8 Å². The van der Waals surface area contributed by atoms with Crippen molar-refractivity contribution >= 4 is 23.5 Å². The van der Waals surface area contributed by atoms with Crippen LogP contribution in [-0.2, 0) is 0 Å². The van der Waals surface area contributed by atoms with E-state index in [0.717, 1.165) is 17.2 Å². The van der Waals surface area contributed by atoms with Crippen molar-refractivity contribution in [2.45, 2.75) is 6.92 Å². The van der Waals surface area contributed by atoms with E-state index in [1.807, 2.05) is 31.2 Å². The van der Waals surface area contributed by atoms with Crippen molar-refractivity contribution in [3.05, 3.63) is 69.3 Å². The number of nitro benzene ring substituents is 1. The van der Waals surface area contributed by atoms with Crippen LogP contribution in [0.5, 0.6) is 0 Å². The number of nitrogen functional groups attached to an aromatic ring is 1. The molecule has 7 heteroatoms. The molecule has 112 valence electrons. The van der Waals surface area contributed by atoms with Gasteiger partial charge >= 0.3 is 0 Å². The van der Waals surface area contributed by atoms with Gasteiger partial charge in [0.2, 0.25) is 0 Å². The van der Waals surface area contributed by atoms with Gasteiger partial charge in [0.15, 0.2) is 0 Å². The molecule has 0 aliphatic carbocycles. The molecule has 2 aromatic rings. The van der Waals surface area contributed by atoms with Crippen molar-refractivity contribution in [3.63, 3.8) is 0 Å². The van der Waals surface area contributed by atoms with E-state index in [2.05, 4.69) is 10.5 Å². The minimum Gasteiger partial charge on any atom is -0.399 e. The number of nitrogens with two attached hydrogens (primary N) is 1. The highest BCUT2D eigenvalue weighted by atomic mass is 16.6. The molecule has 1 amide bonds. The first kappa shape index (κ1) is 15.2. The van der Waals surface area contributed by atoms with Gasteiger partial charge in [-0.15, -0.1) is 0 Å². The van der Waals surface area contributed by atoms with Gasteiger partial charge in [0.25, 0.3) is 11.6 Å².